The van der Waals surface area contributed by atoms with E-state index in [0.29, 0.717) is 6.42 Å². The molecule has 1 atom stereocenters. The van der Waals surface area contributed by atoms with Gasteiger partial charge in [0.2, 0.25) is 5.91 Å². The first-order valence-corrected chi connectivity index (χ1v) is 9.30. The van der Waals surface area contributed by atoms with Crippen molar-refractivity contribution in [2.24, 2.45) is 5.41 Å². The summed E-state index contributed by atoms with van der Waals surface area (Å²) in [7, 11) is 0. The second kappa shape index (κ2) is 8.78. The topological polar surface area (TPSA) is 86.6 Å². The molecule has 2 aliphatic rings. The summed E-state index contributed by atoms with van der Waals surface area (Å²) in [5.41, 5.74) is 2.24. The Hall–Kier alpha value is -3.01. The minimum absolute atomic E-state index is 0.0850. The minimum atomic E-state index is -5.08. The number of aromatic nitrogens is 2. The Morgan fingerprint density at radius 3 is 2.37 bits per heavy atom. The standard InChI is InChI=1S/C18H20N4O.C2HF3O2/c23-17-8-18(13-22(17)16-9-19-14-20-10-16)6-7-21(12-18)11-15-4-2-1-3-5-15;3-2(4,5)1(6)7/h1-5,9-10,14H,6-8,11-13H2;(H,6,7). The predicted molar refractivity (Wildman–Crippen MR) is 101 cm³/mol. The number of hydrogen-bond donors (Lipinski definition) is 1. The zero-order valence-corrected chi connectivity index (χ0v) is 16.0. The van der Waals surface area contributed by atoms with Crippen molar-refractivity contribution in [3.8, 4) is 0 Å². The van der Waals surface area contributed by atoms with Crippen molar-refractivity contribution in [1.29, 1.82) is 0 Å². The van der Waals surface area contributed by atoms with E-state index in [-0.39, 0.29) is 11.3 Å². The minimum Gasteiger partial charge on any atom is -0.475 e. The maximum absolute atomic E-state index is 12.5. The van der Waals surface area contributed by atoms with Crippen LogP contribution in [0.25, 0.3) is 0 Å². The third-order valence-electron chi connectivity index (χ3n) is 5.19. The van der Waals surface area contributed by atoms with Gasteiger partial charge in [0, 0.05) is 31.5 Å². The van der Waals surface area contributed by atoms with E-state index in [1.54, 1.807) is 12.4 Å². The molecule has 2 aliphatic heterocycles. The third kappa shape index (κ3) is 5.32. The van der Waals surface area contributed by atoms with Crippen LogP contribution in [0.4, 0.5) is 18.9 Å². The molecule has 2 aromatic rings. The van der Waals surface area contributed by atoms with E-state index < -0.39 is 12.1 Å². The number of rotatable bonds is 3. The first-order valence-electron chi connectivity index (χ1n) is 9.30. The fraction of sp³-hybridized carbons (Fsp3) is 0.400. The van der Waals surface area contributed by atoms with Gasteiger partial charge in [0.1, 0.15) is 6.33 Å². The molecule has 7 nitrogen and oxygen atoms in total. The fourth-order valence-electron chi connectivity index (χ4n) is 3.84. The maximum atomic E-state index is 12.5. The summed E-state index contributed by atoms with van der Waals surface area (Å²) in [6.45, 7) is 3.79. The molecule has 2 saturated heterocycles. The van der Waals surface area contributed by atoms with Gasteiger partial charge in [0.05, 0.1) is 18.1 Å². The number of aliphatic carboxylic acids is 1. The van der Waals surface area contributed by atoms with Gasteiger partial charge in [0.15, 0.2) is 0 Å². The van der Waals surface area contributed by atoms with E-state index in [9.17, 15) is 18.0 Å². The van der Waals surface area contributed by atoms with Gasteiger partial charge in [-0.2, -0.15) is 13.2 Å². The number of benzene rings is 1. The van der Waals surface area contributed by atoms with Gasteiger partial charge >= 0.3 is 12.1 Å². The molecule has 0 saturated carbocycles. The van der Waals surface area contributed by atoms with Crippen molar-refractivity contribution in [1.82, 2.24) is 14.9 Å². The molecule has 1 aromatic heterocycles. The van der Waals surface area contributed by atoms with Crippen molar-refractivity contribution in [2.75, 3.05) is 24.5 Å². The van der Waals surface area contributed by atoms with Gasteiger partial charge in [-0.05, 0) is 18.5 Å². The Morgan fingerprint density at radius 2 is 1.77 bits per heavy atom. The van der Waals surface area contributed by atoms with Crippen LogP contribution < -0.4 is 4.90 Å². The van der Waals surface area contributed by atoms with Crippen LogP contribution in [0.3, 0.4) is 0 Å². The van der Waals surface area contributed by atoms with Crippen molar-refractivity contribution in [2.45, 2.75) is 25.6 Å². The molecule has 0 bridgehead atoms. The van der Waals surface area contributed by atoms with E-state index in [4.69, 9.17) is 9.90 Å². The second-order valence-corrected chi connectivity index (χ2v) is 7.50. The summed E-state index contributed by atoms with van der Waals surface area (Å²) in [6, 6.07) is 10.5. The number of likely N-dealkylation sites (tertiary alicyclic amines) is 1. The Balaban J connectivity index is 0.000000318. The first kappa shape index (κ1) is 21.7. The number of carboxylic acid groups (broad SMARTS) is 1. The molecule has 160 valence electrons. The molecule has 1 N–H and O–H groups in total. The quantitative estimate of drug-likeness (QED) is 0.819. The fourth-order valence-corrected chi connectivity index (χ4v) is 3.84. The molecule has 0 aliphatic carbocycles. The lowest BCUT2D eigenvalue weighted by Crippen LogP contribution is -2.31. The average molecular weight is 422 g/mol. The lowest BCUT2D eigenvalue weighted by atomic mass is 9.86. The molecule has 1 unspecified atom stereocenters. The summed E-state index contributed by atoms with van der Waals surface area (Å²) in [5, 5.41) is 7.12. The van der Waals surface area contributed by atoms with Crippen molar-refractivity contribution in [3.05, 3.63) is 54.6 Å². The van der Waals surface area contributed by atoms with Gasteiger partial charge in [0.25, 0.3) is 0 Å². The van der Waals surface area contributed by atoms with Gasteiger partial charge in [-0.15, -0.1) is 0 Å². The van der Waals surface area contributed by atoms with Crippen LogP contribution in [-0.4, -0.2) is 57.7 Å². The number of hydrogen-bond acceptors (Lipinski definition) is 5. The normalized spacial score (nSPS) is 21.6. The second-order valence-electron chi connectivity index (χ2n) is 7.50. The number of halogens is 3. The molecule has 0 radical (unpaired) electrons. The molecule has 2 fully saturated rings. The monoisotopic (exact) mass is 422 g/mol. The van der Waals surface area contributed by atoms with E-state index in [1.165, 1.54) is 11.9 Å². The van der Waals surface area contributed by atoms with E-state index in [2.05, 4.69) is 39.1 Å². The Kier molecular flexibility index (Phi) is 6.35. The summed E-state index contributed by atoms with van der Waals surface area (Å²) < 4.78 is 31.7. The van der Waals surface area contributed by atoms with Crippen LogP contribution in [0.2, 0.25) is 0 Å². The molecule has 10 heteroatoms. The highest BCUT2D eigenvalue weighted by Crippen LogP contribution is 2.41. The number of carbonyl (C=O) groups is 2. The third-order valence-corrected chi connectivity index (χ3v) is 5.19. The molecular weight excluding hydrogens is 401 g/mol. The number of alkyl halides is 3. The SMILES string of the molecule is O=C(O)C(F)(F)F.O=C1CC2(CCN(Cc3ccccc3)C2)CN1c1cncnc1. The van der Waals surface area contributed by atoms with Crippen LogP contribution in [0.5, 0.6) is 0 Å². The Morgan fingerprint density at radius 1 is 1.13 bits per heavy atom. The zero-order chi connectivity index (χ0) is 21.8. The summed E-state index contributed by atoms with van der Waals surface area (Å²) in [5.74, 6) is -2.56. The Labute approximate surface area is 171 Å². The predicted octanol–water partition coefficient (Wildman–Crippen LogP) is 2.74. The van der Waals surface area contributed by atoms with Gasteiger partial charge in [-0.25, -0.2) is 14.8 Å². The molecule has 1 aromatic carbocycles. The summed E-state index contributed by atoms with van der Waals surface area (Å²) >= 11 is 0. The number of carbonyl (C=O) groups excluding carboxylic acids is 1. The zero-order valence-electron chi connectivity index (χ0n) is 16.0. The summed E-state index contributed by atoms with van der Waals surface area (Å²) in [4.78, 5) is 33.7. The highest BCUT2D eigenvalue weighted by Gasteiger charge is 2.47. The van der Waals surface area contributed by atoms with Crippen LogP contribution in [-0.2, 0) is 16.1 Å². The largest absolute Gasteiger partial charge is 0.490 e. The van der Waals surface area contributed by atoms with Crippen LogP contribution >= 0.6 is 0 Å². The maximum Gasteiger partial charge on any atom is 0.490 e. The highest BCUT2D eigenvalue weighted by atomic mass is 19.4. The van der Waals surface area contributed by atoms with Crippen molar-refractivity contribution in [3.63, 3.8) is 0 Å². The molecular formula is C20H21F3N4O3. The van der Waals surface area contributed by atoms with E-state index in [0.717, 1.165) is 38.3 Å². The highest BCUT2D eigenvalue weighted by molar-refractivity contribution is 5.96. The first-order chi connectivity index (χ1) is 14.2. The van der Waals surface area contributed by atoms with Crippen LogP contribution in [0.15, 0.2) is 49.1 Å². The number of carboxylic acids is 1. The number of amides is 1. The molecule has 30 heavy (non-hydrogen) atoms. The molecule has 4 rings (SSSR count). The molecule has 1 amide bonds. The van der Waals surface area contributed by atoms with Crippen molar-refractivity contribution >= 4 is 17.6 Å². The smallest absolute Gasteiger partial charge is 0.475 e. The van der Waals surface area contributed by atoms with Gasteiger partial charge in [-0.3, -0.25) is 9.69 Å². The lowest BCUT2D eigenvalue weighted by Gasteiger charge is -2.24. The molecule has 3 heterocycles. The summed E-state index contributed by atoms with van der Waals surface area (Å²) in [6.07, 6.45) is 1.57. The number of anilines is 1. The lowest BCUT2D eigenvalue weighted by molar-refractivity contribution is -0.192. The van der Waals surface area contributed by atoms with Crippen molar-refractivity contribution < 1.29 is 27.9 Å². The van der Waals surface area contributed by atoms with E-state index in [1.807, 2.05) is 11.0 Å². The van der Waals surface area contributed by atoms with Gasteiger partial charge in [-0.1, -0.05) is 30.3 Å². The van der Waals surface area contributed by atoms with Crippen LogP contribution in [0, 0.1) is 5.41 Å². The van der Waals surface area contributed by atoms with Gasteiger partial charge < -0.3 is 10.0 Å². The Bertz CT molecular complexity index is 880. The average Bonchev–Trinajstić information content (AvgIpc) is 3.25. The molecule has 1 spiro atoms. The van der Waals surface area contributed by atoms with E-state index >= 15 is 0 Å². The van der Waals surface area contributed by atoms with Crippen LogP contribution in [0.1, 0.15) is 18.4 Å². The number of nitrogens with zero attached hydrogens (tertiary/aromatic N) is 4.